The smallest absolute Gasteiger partial charge is 0.305 e. The number of carbonyl (C=O) groups excluding carboxylic acids is 2. The Labute approximate surface area is 449 Å². The summed E-state index contributed by atoms with van der Waals surface area (Å²) in [5.74, 6) is -0.0601. The van der Waals surface area contributed by atoms with Crippen LogP contribution in [0.15, 0.2) is 36.5 Å². The molecule has 6 nitrogen and oxygen atoms in total. The second kappa shape index (κ2) is 61.6. The largest absolute Gasteiger partial charge is 0.466 e. The number of nitrogens with one attached hydrogen (secondary N) is 1. The van der Waals surface area contributed by atoms with Crippen molar-refractivity contribution in [1.29, 1.82) is 0 Å². The third-order valence-corrected chi connectivity index (χ3v) is 14.9. The number of carbonyl (C=O) groups is 2. The van der Waals surface area contributed by atoms with Crippen LogP contribution in [0.4, 0.5) is 0 Å². The molecule has 0 saturated heterocycles. The van der Waals surface area contributed by atoms with Crippen molar-refractivity contribution in [2.24, 2.45) is 0 Å². The minimum atomic E-state index is -0.841. The van der Waals surface area contributed by atoms with Crippen LogP contribution in [0.5, 0.6) is 0 Å². The van der Waals surface area contributed by atoms with Crippen LogP contribution in [0.25, 0.3) is 0 Å². The number of esters is 1. The molecule has 6 heteroatoms. The van der Waals surface area contributed by atoms with Crippen LogP contribution in [0, 0.1) is 0 Å². The van der Waals surface area contributed by atoms with Gasteiger partial charge in [-0.15, -0.1) is 0 Å². The van der Waals surface area contributed by atoms with Crippen LogP contribution >= 0.6 is 0 Å². The normalized spacial score (nSPS) is 12.8. The molecule has 0 bridgehead atoms. The fourth-order valence-electron chi connectivity index (χ4n) is 9.97. The second-order valence-corrected chi connectivity index (χ2v) is 22.1. The molecule has 0 aromatic heterocycles. The van der Waals surface area contributed by atoms with Gasteiger partial charge in [0, 0.05) is 12.8 Å². The monoisotopic (exact) mass is 1010 g/mol. The van der Waals surface area contributed by atoms with Crippen molar-refractivity contribution in [2.75, 3.05) is 13.2 Å². The van der Waals surface area contributed by atoms with Gasteiger partial charge < -0.3 is 20.3 Å². The first kappa shape index (κ1) is 70.1. The van der Waals surface area contributed by atoms with Crippen LogP contribution in [0.3, 0.4) is 0 Å². The van der Waals surface area contributed by atoms with E-state index in [4.69, 9.17) is 4.74 Å². The minimum Gasteiger partial charge on any atom is -0.466 e. The van der Waals surface area contributed by atoms with E-state index >= 15 is 0 Å². The van der Waals surface area contributed by atoms with Crippen molar-refractivity contribution >= 4 is 11.9 Å². The average molecular weight is 1010 g/mol. The van der Waals surface area contributed by atoms with E-state index in [0.29, 0.717) is 19.4 Å². The molecule has 1 amide bonds. The third kappa shape index (κ3) is 57.4. The van der Waals surface area contributed by atoms with Crippen molar-refractivity contribution in [2.45, 2.75) is 360 Å². The predicted octanol–water partition coefficient (Wildman–Crippen LogP) is 20.4. The lowest BCUT2D eigenvalue weighted by molar-refractivity contribution is -0.143. The SMILES string of the molecule is CCC/C=C\C/C=C\CCCCCCCC(=O)OCCCCCCCCCCCCCCCCCCCCCCCCCCCCCCCC(=O)NC(CO)C(O)/C=C/CCCCCCCCCCCCC. The third-order valence-electron chi connectivity index (χ3n) is 14.9. The van der Waals surface area contributed by atoms with Gasteiger partial charge in [0.15, 0.2) is 0 Å². The highest BCUT2D eigenvalue weighted by Crippen LogP contribution is 2.18. The molecule has 0 aliphatic rings. The van der Waals surface area contributed by atoms with Gasteiger partial charge in [0.2, 0.25) is 5.91 Å². The van der Waals surface area contributed by atoms with Crippen molar-refractivity contribution in [3.63, 3.8) is 0 Å². The van der Waals surface area contributed by atoms with Gasteiger partial charge in [-0.3, -0.25) is 9.59 Å². The minimum absolute atomic E-state index is 0.00368. The fourth-order valence-corrected chi connectivity index (χ4v) is 9.97. The fraction of sp³-hybridized carbons (Fsp3) is 0.879. The second-order valence-electron chi connectivity index (χ2n) is 22.1. The van der Waals surface area contributed by atoms with E-state index in [2.05, 4.69) is 43.5 Å². The molecule has 0 saturated carbocycles. The van der Waals surface area contributed by atoms with Crippen LogP contribution in [0.1, 0.15) is 348 Å². The van der Waals surface area contributed by atoms with Crippen molar-refractivity contribution in [3.05, 3.63) is 36.5 Å². The number of unbranched alkanes of at least 4 members (excludes halogenated alkanes) is 45. The molecule has 0 aromatic rings. The molecule has 2 atom stereocenters. The molecule has 3 N–H and O–H groups in total. The lowest BCUT2D eigenvalue weighted by Gasteiger charge is -2.20. The van der Waals surface area contributed by atoms with Gasteiger partial charge in [-0.1, -0.05) is 314 Å². The Morgan fingerprint density at radius 1 is 0.389 bits per heavy atom. The molecular formula is C66H125NO5. The first-order valence-corrected chi connectivity index (χ1v) is 32.3. The summed E-state index contributed by atoms with van der Waals surface area (Å²) >= 11 is 0. The van der Waals surface area contributed by atoms with Gasteiger partial charge in [-0.05, 0) is 57.8 Å². The maximum atomic E-state index is 12.5. The molecule has 0 radical (unpaired) electrons. The van der Waals surface area contributed by atoms with Gasteiger partial charge in [-0.2, -0.15) is 0 Å². The van der Waals surface area contributed by atoms with Gasteiger partial charge in [0.25, 0.3) is 0 Å². The van der Waals surface area contributed by atoms with Gasteiger partial charge in [0.05, 0.1) is 25.4 Å². The zero-order chi connectivity index (χ0) is 52.2. The van der Waals surface area contributed by atoms with E-state index in [9.17, 15) is 19.8 Å². The zero-order valence-corrected chi connectivity index (χ0v) is 48.4. The number of amides is 1. The molecule has 0 aliphatic carbocycles. The molecular weight excluding hydrogens is 887 g/mol. The summed E-state index contributed by atoms with van der Waals surface area (Å²) < 4.78 is 5.47. The zero-order valence-electron chi connectivity index (χ0n) is 48.4. The number of rotatable bonds is 60. The molecule has 0 heterocycles. The molecule has 424 valence electrons. The summed E-state index contributed by atoms with van der Waals surface area (Å²) in [4.78, 5) is 24.5. The standard InChI is InChI=1S/C66H125NO5/c1-3-5-7-9-11-13-15-34-38-42-46-50-54-58-64(69)63(62-68)67-65(70)59-55-51-47-43-39-36-32-30-28-26-24-22-20-18-17-19-21-23-25-27-29-31-33-37-41-45-49-53-57-61-72-66(71)60-56-52-48-44-40-35-16-14-12-10-8-6-4-2/h8,10,14,16,54,58,63-64,68-69H,3-7,9,11-13,15,17-53,55-57,59-62H2,1-2H3,(H,67,70)/b10-8-,16-14-,58-54+. The van der Waals surface area contributed by atoms with E-state index in [1.54, 1.807) is 6.08 Å². The Kier molecular flexibility index (Phi) is 60.0. The molecule has 0 aromatic carbocycles. The van der Waals surface area contributed by atoms with Gasteiger partial charge in [-0.25, -0.2) is 0 Å². The quantitative estimate of drug-likeness (QED) is 0.0320. The van der Waals surface area contributed by atoms with Crippen molar-refractivity contribution < 1.29 is 24.5 Å². The maximum Gasteiger partial charge on any atom is 0.305 e. The van der Waals surface area contributed by atoms with E-state index in [1.807, 2.05) is 6.08 Å². The Hall–Kier alpha value is -1.92. The van der Waals surface area contributed by atoms with Crippen molar-refractivity contribution in [3.8, 4) is 0 Å². The summed E-state index contributed by atoms with van der Waals surface area (Å²) in [6, 6.07) is -0.624. The van der Waals surface area contributed by atoms with Crippen LogP contribution in [-0.2, 0) is 14.3 Å². The first-order chi connectivity index (χ1) is 35.5. The molecule has 0 fully saturated rings. The lowest BCUT2D eigenvalue weighted by Crippen LogP contribution is -2.45. The first-order valence-electron chi connectivity index (χ1n) is 32.3. The Morgan fingerprint density at radius 3 is 1.11 bits per heavy atom. The number of allylic oxidation sites excluding steroid dienone is 5. The van der Waals surface area contributed by atoms with E-state index < -0.39 is 12.1 Å². The maximum absolute atomic E-state index is 12.5. The Bertz CT molecular complexity index is 1170. The highest BCUT2D eigenvalue weighted by Gasteiger charge is 2.18. The average Bonchev–Trinajstić information content (AvgIpc) is 3.38. The summed E-state index contributed by atoms with van der Waals surface area (Å²) in [5, 5.41) is 23.1. The highest BCUT2D eigenvalue weighted by atomic mass is 16.5. The summed E-state index contributed by atoms with van der Waals surface area (Å²) in [7, 11) is 0. The summed E-state index contributed by atoms with van der Waals surface area (Å²) in [6.07, 6.45) is 77.8. The van der Waals surface area contributed by atoms with Crippen LogP contribution in [0.2, 0.25) is 0 Å². The molecule has 0 aliphatic heterocycles. The van der Waals surface area contributed by atoms with E-state index in [0.717, 1.165) is 51.4 Å². The van der Waals surface area contributed by atoms with Crippen LogP contribution < -0.4 is 5.32 Å². The van der Waals surface area contributed by atoms with E-state index in [-0.39, 0.29) is 18.5 Å². The number of hydrogen-bond donors (Lipinski definition) is 3. The van der Waals surface area contributed by atoms with E-state index in [1.165, 1.54) is 270 Å². The predicted molar refractivity (Wildman–Crippen MR) is 315 cm³/mol. The molecule has 2 unspecified atom stereocenters. The Morgan fingerprint density at radius 2 is 0.722 bits per heavy atom. The topological polar surface area (TPSA) is 95.9 Å². The van der Waals surface area contributed by atoms with Gasteiger partial charge in [0.1, 0.15) is 0 Å². The number of aliphatic hydroxyl groups excluding tert-OH is 2. The van der Waals surface area contributed by atoms with Gasteiger partial charge >= 0.3 is 5.97 Å². The lowest BCUT2D eigenvalue weighted by atomic mass is 10.0. The summed E-state index contributed by atoms with van der Waals surface area (Å²) in [6.45, 7) is 4.85. The Balaban J connectivity index is 3.35. The molecule has 72 heavy (non-hydrogen) atoms. The number of aliphatic hydroxyl groups is 2. The molecule has 0 rings (SSSR count). The number of ether oxygens (including phenoxy) is 1. The van der Waals surface area contributed by atoms with Crippen LogP contribution in [-0.4, -0.2) is 47.4 Å². The number of hydrogen-bond acceptors (Lipinski definition) is 5. The van der Waals surface area contributed by atoms with Crippen molar-refractivity contribution in [1.82, 2.24) is 5.32 Å². The highest BCUT2D eigenvalue weighted by molar-refractivity contribution is 5.76. The molecule has 0 spiro atoms. The summed E-state index contributed by atoms with van der Waals surface area (Å²) in [5.41, 5.74) is 0.